The predicted octanol–water partition coefficient (Wildman–Crippen LogP) is 2.61. The van der Waals surface area contributed by atoms with Crippen LogP contribution in [-0.4, -0.2) is 26.1 Å². The Bertz CT molecular complexity index is 780. The van der Waals surface area contributed by atoms with Crippen molar-refractivity contribution in [2.45, 2.75) is 19.8 Å². The van der Waals surface area contributed by atoms with Gasteiger partial charge >= 0.3 is 0 Å². The number of H-pyrrole nitrogens is 1. The van der Waals surface area contributed by atoms with Crippen molar-refractivity contribution < 1.29 is 4.79 Å². The molecular formula is C17H17N5O. The van der Waals surface area contributed by atoms with E-state index in [-0.39, 0.29) is 12.3 Å². The molecule has 116 valence electrons. The lowest BCUT2D eigenvalue weighted by Crippen LogP contribution is -2.15. The summed E-state index contributed by atoms with van der Waals surface area (Å²) in [5.41, 5.74) is 2.68. The van der Waals surface area contributed by atoms with Gasteiger partial charge in [0.1, 0.15) is 11.5 Å². The maximum absolute atomic E-state index is 12.1. The average Bonchev–Trinajstić information content (AvgIpc) is 3.04. The number of aromatic nitrogens is 4. The van der Waals surface area contributed by atoms with Crippen LogP contribution in [0.2, 0.25) is 0 Å². The van der Waals surface area contributed by atoms with Crippen LogP contribution in [0.4, 0.5) is 5.69 Å². The van der Waals surface area contributed by atoms with Crippen molar-refractivity contribution in [3.8, 4) is 11.5 Å². The van der Waals surface area contributed by atoms with Crippen LogP contribution >= 0.6 is 0 Å². The van der Waals surface area contributed by atoms with Crippen LogP contribution in [0.5, 0.6) is 0 Å². The smallest absolute Gasteiger partial charge is 0.232 e. The molecule has 2 heterocycles. The van der Waals surface area contributed by atoms with Crippen LogP contribution in [0.3, 0.4) is 0 Å². The van der Waals surface area contributed by atoms with Gasteiger partial charge in [0.05, 0.1) is 6.42 Å². The molecule has 0 fully saturated rings. The lowest BCUT2D eigenvalue weighted by atomic mass is 10.1. The number of pyridine rings is 1. The maximum Gasteiger partial charge on any atom is 0.232 e. The molecule has 2 aromatic heterocycles. The van der Waals surface area contributed by atoms with E-state index in [1.807, 2.05) is 42.5 Å². The van der Waals surface area contributed by atoms with Gasteiger partial charge in [-0.05, 0) is 36.2 Å². The van der Waals surface area contributed by atoms with E-state index in [0.29, 0.717) is 17.3 Å². The lowest BCUT2D eigenvalue weighted by Gasteiger charge is -2.04. The Balaban J connectivity index is 1.63. The summed E-state index contributed by atoms with van der Waals surface area (Å²) in [7, 11) is 0. The third-order valence-electron chi connectivity index (χ3n) is 3.40. The molecule has 0 unspecified atom stereocenters. The van der Waals surface area contributed by atoms with E-state index in [4.69, 9.17) is 0 Å². The van der Waals surface area contributed by atoms with E-state index in [0.717, 1.165) is 12.1 Å². The minimum atomic E-state index is -0.141. The summed E-state index contributed by atoms with van der Waals surface area (Å²) >= 11 is 0. The summed E-state index contributed by atoms with van der Waals surface area (Å²) in [5, 5.41) is 9.72. The monoisotopic (exact) mass is 307 g/mol. The molecule has 0 saturated carbocycles. The zero-order chi connectivity index (χ0) is 16.1. The van der Waals surface area contributed by atoms with Gasteiger partial charge in [-0.15, -0.1) is 0 Å². The van der Waals surface area contributed by atoms with Gasteiger partial charge in [0.15, 0.2) is 5.82 Å². The first-order chi connectivity index (χ1) is 11.2. The number of rotatable bonds is 5. The van der Waals surface area contributed by atoms with Crippen LogP contribution in [0, 0.1) is 0 Å². The Morgan fingerprint density at radius 3 is 2.70 bits per heavy atom. The molecule has 3 aromatic rings. The second kappa shape index (κ2) is 6.83. The van der Waals surface area contributed by atoms with Crippen LogP contribution in [0.15, 0.2) is 48.7 Å². The van der Waals surface area contributed by atoms with Crippen molar-refractivity contribution in [3.05, 3.63) is 60.0 Å². The molecule has 6 heteroatoms. The minimum Gasteiger partial charge on any atom is -0.326 e. The fourth-order valence-electron chi connectivity index (χ4n) is 2.16. The van der Waals surface area contributed by atoms with E-state index in [1.165, 1.54) is 5.56 Å². The molecule has 0 saturated heterocycles. The van der Waals surface area contributed by atoms with Gasteiger partial charge < -0.3 is 5.32 Å². The molecular weight excluding hydrogens is 290 g/mol. The molecule has 3 rings (SSSR count). The van der Waals surface area contributed by atoms with Crippen molar-refractivity contribution in [2.24, 2.45) is 0 Å². The van der Waals surface area contributed by atoms with E-state index in [9.17, 15) is 4.79 Å². The largest absolute Gasteiger partial charge is 0.326 e. The number of aryl methyl sites for hydroxylation is 1. The van der Waals surface area contributed by atoms with Crippen molar-refractivity contribution in [3.63, 3.8) is 0 Å². The van der Waals surface area contributed by atoms with Gasteiger partial charge in [-0.2, -0.15) is 5.10 Å². The molecule has 0 radical (unpaired) electrons. The summed E-state index contributed by atoms with van der Waals surface area (Å²) in [5.74, 6) is 0.854. The second-order valence-electron chi connectivity index (χ2n) is 5.10. The molecule has 0 spiro atoms. The van der Waals surface area contributed by atoms with Crippen molar-refractivity contribution in [2.75, 3.05) is 5.32 Å². The molecule has 1 amide bonds. The van der Waals surface area contributed by atoms with Gasteiger partial charge in [0.2, 0.25) is 5.91 Å². The number of hydrogen-bond acceptors (Lipinski definition) is 4. The molecule has 1 aromatic carbocycles. The molecule has 0 aliphatic rings. The maximum atomic E-state index is 12.1. The van der Waals surface area contributed by atoms with Gasteiger partial charge in [0, 0.05) is 11.9 Å². The van der Waals surface area contributed by atoms with Crippen molar-refractivity contribution in [1.29, 1.82) is 0 Å². The predicted molar refractivity (Wildman–Crippen MR) is 87.8 cm³/mol. The highest BCUT2D eigenvalue weighted by molar-refractivity contribution is 5.91. The number of hydrogen-bond donors (Lipinski definition) is 2. The van der Waals surface area contributed by atoms with Crippen LogP contribution in [0.1, 0.15) is 18.3 Å². The summed E-state index contributed by atoms with van der Waals surface area (Å²) in [6.07, 6.45) is 2.79. The van der Waals surface area contributed by atoms with E-state index >= 15 is 0 Å². The van der Waals surface area contributed by atoms with E-state index in [1.54, 1.807) is 6.20 Å². The number of nitrogens with one attached hydrogen (secondary N) is 2. The topological polar surface area (TPSA) is 83.6 Å². The molecule has 0 atom stereocenters. The van der Waals surface area contributed by atoms with Gasteiger partial charge in [-0.1, -0.05) is 25.1 Å². The number of amides is 1. The minimum absolute atomic E-state index is 0.134. The first kappa shape index (κ1) is 14.9. The third kappa shape index (κ3) is 3.79. The van der Waals surface area contributed by atoms with Crippen molar-refractivity contribution >= 4 is 11.6 Å². The Labute approximate surface area is 134 Å². The number of carbonyl (C=O) groups excluding carboxylic acids is 1. The van der Waals surface area contributed by atoms with Crippen LogP contribution in [0.25, 0.3) is 11.5 Å². The Hall–Kier alpha value is -3.02. The number of aromatic amines is 1. The molecule has 6 nitrogen and oxygen atoms in total. The van der Waals surface area contributed by atoms with Gasteiger partial charge in [-0.3, -0.25) is 14.9 Å². The summed E-state index contributed by atoms with van der Waals surface area (Å²) in [4.78, 5) is 20.5. The average molecular weight is 307 g/mol. The van der Waals surface area contributed by atoms with Crippen LogP contribution < -0.4 is 5.32 Å². The van der Waals surface area contributed by atoms with Gasteiger partial charge in [-0.25, -0.2) is 4.98 Å². The number of anilines is 1. The fraction of sp³-hybridized carbons (Fsp3) is 0.176. The molecule has 23 heavy (non-hydrogen) atoms. The standard InChI is InChI=1S/C17H17N5O/c1-2-12-6-8-13(9-7-12)19-16(23)11-15-20-17(22-21-15)14-5-3-4-10-18-14/h3-10H,2,11H2,1H3,(H,19,23)(H,20,21,22). The van der Waals surface area contributed by atoms with Crippen molar-refractivity contribution in [1.82, 2.24) is 20.2 Å². The zero-order valence-corrected chi connectivity index (χ0v) is 12.8. The van der Waals surface area contributed by atoms with Gasteiger partial charge in [0.25, 0.3) is 0 Å². The number of nitrogens with zero attached hydrogens (tertiary/aromatic N) is 3. The highest BCUT2D eigenvalue weighted by atomic mass is 16.1. The normalized spacial score (nSPS) is 10.5. The van der Waals surface area contributed by atoms with E-state index < -0.39 is 0 Å². The number of carbonyl (C=O) groups is 1. The quantitative estimate of drug-likeness (QED) is 0.759. The lowest BCUT2D eigenvalue weighted by molar-refractivity contribution is -0.115. The highest BCUT2D eigenvalue weighted by Gasteiger charge is 2.10. The zero-order valence-electron chi connectivity index (χ0n) is 12.8. The fourth-order valence-corrected chi connectivity index (χ4v) is 2.16. The SMILES string of the molecule is CCc1ccc(NC(=O)Cc2nc(-c3ccccn3)n[nH]2)cc1. The number of benzene rings is 1. The third-order valence-corrected chi connectivity index (χ3v) is 3.40. The molecule has 0 bridgehead atoms. The summed E-state index contributed by atoms with van der Waals surface area (Å²) in [6, 6.07) is 13.3. The van der Waals surface area contributed by atoms with Crippen LogP contribution in [-0.2, 0) is 17.6 Å². The van der Waals surface area contributed by atoms with E-state index in [2.05, 4.69) is 32.4 Å². The first-order valence-corrected chi connectivity index (χ1v) is 7.46. The Morgan fingerprint density at radius 2 is 2.00 bits per heavy atom. The summed E-state index contributed by atoms with van der Waals surface area (Å²) in [6.45, 7) is 2.09. The second-order valence-corrected chi connectivity index (χ2v) is 5.10. The molecule has 2 N–H and O–H groups in total. The molecule has 0 aliphatic heterocycles. The first-order valence-electron chi connectivity index (χ1n) is 7.46. The Kier molecular flexibility index (Phi) is 4.42. The Morgan fingerprint density at radius 1 is 1.17 bits per heavy atom. The highest BCUT2D eigenvalue weighted by Crippen LogP contribution is 2.12. The molecule has 0 aliphatic carbocycles. The summed E-state index contributed by atoms with van der Waals surface area (Å²) < 4.78 is 0.